The van der Waals surface area contributed by atoms with E-state index in [1.54, 1.807) is 6.07 Å². The zero-order valence-electron chi connectivity index (χ0n) is 11.3. The lowest BCUT2D eigenvalue weighted by Gasteiger charge is -2.20. The topological polar surface area (TPSA) is 30.2 Å². The van der Waals surface area contributed by atoms with Crippen LogP contribution in [0.3, 0.4) is 0 Å². The fourth-order valence-corrected chi connectivity index (χ4v) is 3.09. The molecule has 2 heteroatoms. The Hall–Kier alpha value is -2.35. The highest BCUT2D eigenvalue weighted by Gasteiger charge is 2.17. The van der Waals surface area contributed by atoms with Crippen LogP contribution in [-0.4, -0.2) is 0 Å². The van der Waals surface area contributed by atoms with Gasteiger partial charge in [0.15, 0.2) is 5.43 Å². The highest BCUT2D eigenvalue weighted by molar-refractivity contribution is 5.87. The Labute approximate surface area is 116 Å². The third kappa shape index (κ3) is 1.61. The Morgan fingerprint density at radius 2 is 1.75 bits per heavy atom. The number of fused-ring (bicyclic) bond motifs is 4. The van der Waals surface area contributed by atoms with Gasteiger partial charge in [0.1, 0.15) is 11.3 Å². The van der Waals surface area contributed by atoms with Gasteiger partial charge >= 0.3 is 0 Å². The van der Waals surface area contributed by atoms with Gasteiger partial charge in [0.25, 0.3) is 0 Å². The van der Waals surface area contributed by atoms with E-state index in [0.717, 1.165) is 12.8 Å². The monoisotopic (exact) mass is 262 g/mol. The van der Waals surface area contributed by atoms with Crippen LogP contribution in [-0.2, 0) is 12.8 Å². The summed E-state index contributed by atoms with van der Waals surface area (Å²) in [7, 11) is 0. The maximum atomic E-state index is 12.1. The van der Waals surface area contributed by atoms with Gasteiger partial charge in [-0.3, -0.25) is 4.79 Å². The Bertz CT molecular complexity index is 888. The molecule has 4 rings (SSSR count). The summed E-state index contributed by atoms with van der Waals surface area (Å²) < 4.78 is 5.70. The molecule has 0 saturated carbocycles. The van der Waals surface area contributed by atoms with Crippen molar-refractivity contribution in [3.8, 4) is 11.1 Å². The van der Waals surface area contributed by atoms with Crippen molar-refractivity contribution >= 4 is 11.0 Å². The van der Waals surface area contributed by atoms with Gasteiger partial charge in [0, 0.05) is 6.07 Å². The molecule has 0 N–H and O–H groups in total. The average Bonchev–Trinajstić information content (AvgIpc) is 2.45. The molecule has 2 aromatic carbocycles. The van der Waals surface area contributed by atoms with E-state index in [1.807, 2.05) is 19.1 Å². The third-order valence-electron chi connectivity index (χ3n) is 4.05. The largest absolute Gasteiger partial charge is 0.461 e. The normalized spacial score (nSPS) is 13.1. The Balaban J connectivity index is 2.09. The molecule has 2 nitrogen and oxygen atoms in total. The number of benzene rings is 2. The SMILES string of the molecule is Cc1cc(=O)c2cc3c(cc2o1)CCc1ccccc1-3. The first kappa shape index (κ1) is 11.5. The molecule has 98 valence electrons. The van der Waals surface area contributed by atoms with Crippen molar-refractivity contribution in [2.45, 2.75) is 19.8 Å². The van der Waals surface area contributed by atoms with Gasteiger partial charge in [0.2, 0.25) is 0 Å². The van der Waals surface area contributed by atoms with Crippen molar-refractivity contribution in [3.05, 3.63) is 69.6 Å². The molecule has 0 radical (unpaired) electrons. The second-order valence-electron chi connectivity index (χ2n) is 5.38. The Morgan fingerprint density at radius 1 is 0.950 bits per heavy atom. The van der Waals surface area contributed by atoms with E-state index in [0.29, 0.717) is 16.7 Å². The van der Waals surface area contributed by atoms with Crippen LogP contribution in [0.2, 0.25) is 0 Å². The van der Waals surface area contributed by atoms with Crippen LogP contribution >= 0.6 is 0 Å². The lowest BCUT2D eigenvalue weighted by Crippen LogP contribution is -2.06. The van der Waals surface area contributed by atoms with Crippen molar-refractivity contribution in [2.24, 2.45) is 0 Å². The Morgan fingerprint density at radius 3 is 2.65 bits per heavy atom. The van der Waals surface area contributed by atoms with Crippen molar-refractivity contribution in [3.63, 3.8) is 0 Å². The number of aryl methyl sites for hydroxylation is 3. The highest BCUT2D eigenvalue weighted by atomic mass is 16.3. The molecular formula is C18H14O2. The van der Waals surface area contributed by atoms with Gasteiger partial charge in [-0.1, -0.05) is 24.3 Å². The predicted octanol–water partition coefficient (Wildman–Crippen LogP) is 3.87. The molecule has 0 saturated heterocycles. The molecule has 1 aliphatic rings. The minimum absolute atomic E-state index is 0.0367. The molecule has 0 atom stereocenters. The van der Waals surface area contributed by atoms with Crippen molar-refractivity contribution in [1.29, 1.82) is 0 Å². The molecule has 1 aliphatic carbocycles. The first-order valence-electron chi connectivity index (χ1n) is 6.88. The molecule has 1 heterocycles. The van der Waals surface area contributed by atoms with Gasteiger partial charge in [-0.15, -0.1) is 0 Å². The smallest absolute Gasteiger partial charge is 0.192 e. The fraction of sp³-hybridized carbons (Fsp3) is 0.167. The average molecular weight is 262 g/mol. The van der Waals surface area contributed by atoms with E-state index >= 15 is 0 Å². The number of rotatable bonds is 0. The fourth-order valence-electron chi connectivity index (χ4n) is 3.09. The first-order valence-corrected chi connectivity index (χ1v) is 6.88. The van der Waals surface area contributed by atoms with Gasteiger partial charge in [-0.05, 0) is 54.2 Å². The van der Waals surface area contributed by atoms with Crippen molar-refractivity contribution < 1.29 is 4.42 Å². The van der Waals surface area contributed by atoms with Crippen LogP contribution in [0, 0.1) is 6.92 Å². The second kappa shape index (κ2) is 4.07. The minimum Gasteiger partial charge on any atom is -0.461 e. The summed E-state index contributed by atoms with van der Waals surface area (Å²) in [6.07, 6.45) is 2.05. The first-order chi connectivity index (χ1) is 9.72. The van der Waals surface area contributed by atoms with Crippen LogP contribution in [0.4, 0.5) is 0 Å². The summed E-state index contributed by atoms with van der Waals surface area (Å²) in [6.45, 7) is 1.82. The van der Waals surface area contributed by atoms with E-state index in [1.165, 1.54) is 22.3 Å². The summed E-state index contributed by atoms with van der Waals surface area (Å²) >= 11 is 0. The molecule has 0 amide bonds. The summed E-state index contributed by atoms with van der Waals surface area (Å²) in [4.78, 5) is 12.1. The van der Waals surface area contributed by atoms with Crippen molar-refractivity contribution in [1.82, 2.24) is 0 Å². The zero-order chi connectivity index (χ0) is 13.7. The highest BCUT2D eigenvalue weighted by Crippen LogP contribution is 2.35. The summed E-state index contributed by atoms with van der Waals surface area (Å²) in [5.41, 5.74) is 5.79. The quantitative estimate of drug-likeness (QED) is 0.615. The summed E-state index contributed by atoms with van der Waals surface area (Å²) in [6, 6.07) is 14.0. The van der Waals surface area contributed by atoms with E-state index in [9.17, 15) is 4.79 Å². The lowest BCUT2D eigenvalue weighted by atomic mass is 9.85. The lowest BCUT2D eigenvalue weighted by molar-refractivity contribution is 0.564. The van der Waals surface area contributed by atoms with E-state index in [-0.39, 0.29) is 5.43 Å². The summed E-state index contributed by atoms with van der Waals surface area (Å²) in [5, 5.41) is 0.672. The molecule has 0 spiro atoms. The predicted molar refractivity (Wildman–Crippen MR) is 80.1 cm³/mol. The third-order valence-corrected chi connectivity index (χ3v) is 4.05. The van der Waals surface area contributed by atoms with Crippen LogP contribution in [0.1, 0.15) is 16.9 Å². The zero-order valence-corrected chi connectivity index (χ0v) is 11.3. The molecule has 3 aromatic rings. The number of hydrogen-bond acceptors (Lipinski definition) is 2. The van der Waals surface area contributed by atoms with Gasteiger partial charge in [-0.25, -0.2) is 0 Å². The van der Waals surface area contributed by atoms with Gasteiger partial charge in [-0.2, -0.15) is 0 Å². The number of hydrogen-bond donors (Lipinski definition) is 0. The van der Waals surface area contributed by atoms with Crippen LogP contribution in [0.5, 0.6) is 0 Å². The maximum Gasteiger partial charge on any atom is 0.192 e. The molecule has 0 unspecified atom stereocenters. The van der Waals surface area contributed by atoms with E-state index in [2.05, 4.69) is 24.3 Å². The van der Waals surface area contributed by atoms with E-state index < -0.39 is 0 Å². The van der Waals surface area contributed by atoms with Crippen LogP contribution in [0.15, 0.2) is 51.7 Å². The Kier molecular flexibility index (Phi) is 2.34. The molecular weight excluding hydrogens is 248 g/mol. The standard InChI is InChI=1S/C18H14O2/c1-11-8-17(19)16-10-15-13(9-18(16)20-11)7-6-12-4-2-3-5-14(12)15/h2-5,8-10H,6-7H2,1H3. The molecule has 0 bridgehead atoms. The molecule has 0 aliphatic heterocycles. The molecule has 1 aromatic heterocycles. The molecule has 20 heavy (non-hydrogen) atoms. The van der Waals surface area contributed by atoms with Gasteiger partial charge < -0.3 is 4.42 Å². The summed E-state index contributed by atoms with van der Waals surface area (Å²) in [5.74, 6) is 0.665. The van der Waals surface area contributed by atoms with Crippen molar-refractivity contribution in [2.75, 3.05) is 0 Å². The minimum atomic E-state index is 0.0367. The van der Waals surface area contributed by atoms with Crippen LogP contribution in [0.25, 0.3) is 22.1 Å². The van der Waals surface area contributed by atoms with Gasteiger partial charge in [0.05, 0.1) is 5.39 Å². The van der Waals surface area contributed by atoms with E-state index in [4.69, 9.17) is 4.42 Å². The maximum absolute atomic E-state index is 12.1. The molecule has 0 fully saturated rings. The van der Waals surface area contributed by atoms with Crippen LogP contribution < -0.4 is 5.43 Å². The second-order valence-corrected chi connectivity index (χ2v) is 5.38.